The van der Waals surface area contributed by atoms with Gasteiger partial charge in [-0.2, -0.15) is 0 Å². The van der Waals surface area contributed by atoms with Crippen molar-refractivity contribution < 1.29 is 4.21 Å². The van der Waals surface area contributed by atoms with Gasteiger partial charge >= 0.3 is 0 Å². The van der Waals surface area contributed by atoms with Crippen LogP contribution in [-0.2, 0) is 10.8 Å². The summed E-state index contributed by atoms with van der Waals surface area (Å²) >= 11 is 0. The molecule has 1 aliphatic rings. The van der Waals surface area contributed by atoms with E-state index in [-0.39, 0.29) is 5.25 Å². The van der Waals surface area contributed by atoms with E-state index in [1.54, 1.807) is 6.20 Å². The van der Waals surface area contributed by atoms with Crippen LogP contribution in [0.1, 0.15) is 30.1 Å². The van der Waals surface area contributed by atoms with Gasteiger partial charge in [0, 0.05) is 35.1 Å². The zero-order chi connectivity index (χ0) is 11.0. The minimum absolute atomic E-state index is 0.223. The van der Waals surface area contributed by atoms with E-state index in [1.807, 2.05) is 16.7 Å². The molecule has 1 aliphatic heterocycles. The molecule has 0 bridgehead atoms. The predicted molar refractivity (Wildman–Crippen MR) is 64.8 cm³/mol. The van der Waals surface area contributed by atoms with Gasteiger partial charge in [0.1, 0.15) is 5.65 Å². The summed E-state index contributed by atoms with van der Waals surface area (Å²) in [4.78, 5) is 4.21. The maximum atomic E-state index is 12.0. The van der Waals surface area contributed by atoms with Crippen LogP contribution in [0.15, 0.2) is 30.7 Å². The van der Waals surface area contributed by atoms with Crippen molar-refractivity contribution in [3.63, 3.8) is 0 Å². The van der Waals surface area contributed by atoms with Crippen LogP contribution in [0.4, 0.5) is 0 Å². The molecule has 3 rings (SSSR count). The maximum Gasteiger partial charge on any atom is 0.136 e. The van der Waals surface area contributed by atoms with Crippen LogP contribution in [0.25, 0.3) is 5.65 Å². The second-order valence-corrected chi connectivity index (χ2v) is 5.96. The SMILES string of the molecule is O=S1CCCCC1c1ccc2nccn2c1. The summed E-state index contributed by atoms with van der Waals surface area (Å²) in [5.41, 5.74) is 2.13. The smallest absolute Gasteiger partial charge is 0.136 e. The van der Waals surface area contributed by atoms with E-state index in [9.17, 15) is 4.21 Å². The lowest BCUT2D eigenvalue weighted by Gasteiger charge is -2.21. The number of rotatable bonds is 1. The number of pyridine rings is 1. The highest BCUT2D eigenvalue weighted by Gasteiger charge is 2.22. The fourth-order valence-corrected chi connectivity index (χ4v) is 3.94. The third kappa shape index (κ3) is 1.67. The first-order valence-corrected chi connectivity index (χ1v) is 7.02. The van der Waals surface area contributed by atoms with Gasteiger partial charge in [-0.05, 0) is 24.5 Å². The van der Waals surface area contributed by atoms with Crippen molar-refractivity contribution in [3.05, 3.63) is 36.3 Å². The zero-order valence-electron chi connectivity index (χ0n) is 9.00. The van der Waals surface area contributed by atoms with Gasteiger partial charge in [0.05, 0.1) is 5.25 Å². The second-order valence-electron chi connectivity index (χ2n) is 4.22. The molecule has 0 saturated carbocycles. The molecular formula is C12H14N2OS. The van der Waals surface area contributed by atoms with Gasteiger partial charge in [0.25, 0.3) is 0 Å². The van der Waals surface area contributed by atoms with Crippen molar-refractivity contribution in [2.75, 3.05) is 5.75 Å². The monoisotopic (exact) mass is 234 g/mol. The van der Waals surface area contributed by atoms with E-state index >= 15 is 0 Å². The van der Waals surface area contributed by atoms with E-state index in [0.29, 0.717) is 0 Å². The number of nitrogens with zero attached hydrogens (tertiary/aromatic N) is 2. The molecule has 0 amide bonds. The number of fused-ring (bicyclic) bond motifs is 1. The highest BCUT2D eigenvalue weighted by Crippen LogP contribution is 2.30. The van der Waals surface area contributed by atoms with Gasteiger partial charge in [0.2, 0.25) is 0 Å². The lowest BCUT2D eigenvalue weighted by Crippen LogP contribution is -2.15. The Morgan fingerprint density at radius 2 is 2.31 bits per heavy atom. The summed E-state index contributed by atoms with van der Waals surface area (Å²) in [6, 6.07) is 4.07. The van der Waals surface area contributed by atoms with E-state index in [4.69, 9.17) is 0 Å². The fourth-order valence-electron chi connectivity index (χ4n) is 2.29. The van der Waals surface area contributed by atoms with Gasteiger partial charge in [-0.15, -0.1) is 0 Å². The van der Waals surface area contributed by atoms with Crippen molar-refractivity contribution in [1.82, 2.24) is 9.38 Å². The minimum Gasteiger partial charge on any atom is -0.307 e. The highest BCUT2D eigenvalue weighted by molar-refractivity contribution is 7.85. The van der Waals surface area contributed by atoms with Crippen LogP contribution >= 0.6 is 0 Å². The molecule has 1 fully saturated rings. The third-order valence-corrected chi connectivity index (χ3v) is 5.00. The number of hydrogen-bond donors (Lipinski definition) is 0. The predicted octanol–water partition coefficient (Wildman–Crippen LogP) is 2.31. The van der Waals surface area contributed by atoms with Crippen molar-refractivity contribution in [2.45, 2.75) is 24.5 Å². The molecule has 84 valence electrons. The summed E-state index contributed by atoms with van der Waals surface area (Å²) in [6.45, 7) is 0. The van der Waals surface area contributed by atoms with Crippen LogP contribution in [0, 0.1) is 0 Å². The largest absolute Gasteiger partial charge is 0.307 e. The van der Waals surface area contributed by atoms with Crippen LogP contribution in [0.5, 0.6) is 0 Å². The standard InChI is InChI=1S/C12H14N2OS/c15-16-8-2-1-3-11(16)10-4-5-12-13-6-7-14(12)9-10/h4-7,9,11H,1-3,8H2. The fraction of sp³-hybridized carbons (Fsp3) is 0.417. The molecule has 3 heterocycles. The molecule has 3 nitrogen and oxygen atoms in total. The molecule has 0 spiro atoms. The Bertz CT molecular complexity index is 535. The average Bonchev–Trinajstić information content (AvgIpc) is 2.76. The minimum atomic E-state index is -0.693. The Balaban J connectivity index is 2.00. The molecule has 0 radical (unpaired) electrons. The highest BCUT2D eigenvalue weighted by atomic mass is 32.2. The number of aromatic nitrogens is 2. The Hall–Kier alpha value is -1.16. The molecule has 0 aliphatic carbocycles. The molecule has 0 N–H and O–H groups in total. The zero-order valence-corrected chi connectivity index (χ0v) is 9.82. The first-order chi connectivity index (χ1) is 7.84. The third-order valence-electron chi connectivity index (χ3n) is 3.16. The number of imidazole rings is 1. The molecular weight excluding hydrogens is 220 g/mol. The summed E-state index contributed by atoms with van der Waals surface area (Å²) in [5.74, 6) is 0.854. The van der Waals surface area contributed by atoms with E-state index in [1.165, 1.54) is 12.0 Å². The van der Waals surface area contributed by atoms with Crippen LogP contribution in [0.3, 0.4) is 0 Å². The van der Waals surface area contributed by atoms with E-state index in [2.05, 4.69) is 17.2 Å². The molecule has 2 atom stereocenters. The molecule has 2 aromatic heterocycles. The summed E-state index contributed by atoms with van der Waals surface area (Å²) in [7, 11) is -0.693. The molecule has 1 saturated heterocycles. The summed E-state index contributed by atoms with van der Waals surface area (Å²) < 4.78 is 14.0. The van der Waals surface area contributed by atoms with Crippen LogP contribution in [0.2, 0.25) is 0 Å². The Morgan fingerprint density at radius 3 is 3.19 bits per heavy atom. The summed E-state index contributed by atoms with van der Waals surface area (Å²) in [5, 5.41) is 0.223. The molecule has 4 heteroatoms. The Morgan fingerprint density at radius 1 is 1.38 bits per heavy atom. The van der Waals surface area contributed by atoms with Gasteiger partial charge in [-0.1, -0.05) is 12.5 Å². The molecule has 0 aromatic carbocycles. The quantitative estimate of drug-likeness (QED) is 0.759. The molecule has 2 unspecified atom stereocenters. The Kier molecular flexibility index (Phi) is 2.52. The normalized spacial score (nSPS) is 26.0. The number of hydrogen-bond acceptors (Lipinski definition) is 2. The van der Waals surface area contributed by atoms with Gasteiger partial charge < -0.3 is 4.40 Å². The average molecular weight is 234 g/mol. The van der Waals surface area contributed by atoms with Crippen LogP contribution < -0.4 is 0 Å². The van der Waals surface area contributed by atoms with Crippen molar-refractivity contribution in [3.8, 4) is 0 Å². The van der Waals surface area contributed by atoms with Crippen molar-refractivity contribution >= 4 is 16.4 Å². The van der Waals surface area contributed by atoms with E-state index in [0.717, 1.165) is 24.2 Å². The molecule has 2 aromatic rings. The lowest BCUT2D eigenvalue weighted by atomic mass is 10.1. The van der Waals surface area contributed by atoms with Crippen molar-refractivity contribution in [2.24, 2.45) is 0 Å². The topological polar surface area (TPSA) is 34.4 Å². The van der Waals surface area contributed by atoms with Gasteiger partial charge in [-0.25, -0.2) is 4.98 Å². The Labute approximate surface area is 97.0 Å². The summed E-state index contributed by atoms with van der Waals surface area (Å²) in [6.07, 6.45) is 9.14. The van der Waals surface area contributed by atoms with E-state index < -0.39 is 10.8 Å². The second kappa shape index (κ2) is 4.01. The van der Waals surface area contributed by atoms with Crippen molar-refractivity contribution in [1.29, 1.82) is 0 Å². The van der Waals surface area contributed by atoms with Gasteiger partial charge in [0.15, 0.2) is 0 Å². The molecule has 16 heavy (non-hydrogen) atoms. The first-order valence-electron chi connectivity index (χ1n) is 5.64. The van der Waals surface area contributed by atoms with Crippen LogP contribution in [-0.4, -0.2) is 19.3 Å². The first kappa shape index (κ1) is 10.0. The van der Waals surface area contributed by atoms with Gasteiger partial charge in [-0.3, -0.25) is 4.21 Å². The lowest BCUT2D eigenvalue weighted by molar-refractivity contribution is 0.618. The maximum absolute atomic E-state index is 12.0.